The van der Waals surface area contributed by atoms with Crippen molar-refractivity contribution in [1.82, 2.24) is 15.0 Å². The van der Waals surface area contributed by atoms with Crippen molar-refractivity contribution in [3.05, 3.63) is 34.7 Å². The lowest BCUT2D eigenvalue weighted by molar-refractivity contribution is 0.820. The summed E-state index contributed by atoms with van der Waals surface area (Å²) in [6, 6.07) is 1.86. The zero-order chi connectivity index (χ0) is 12.1. The number of rotatable bonds is 5. The number of thiazole rings is 1. The first-order valence-corrected chi connectivity index (χ1v) is 6.58. The van der Waals surface area contributed by atoms with Gasteiger partial charge in [-0.05, 0) is 12.0 Å². The highest BCUT2D eigenvalue weighted by Crippen LogP contribution is 2.17. The van der Waals surface area contributed by atoms with Gasteiger partial charge in [-0.2, -0.15) is 0 Å². The molecule has 90 valence electrons. The summed E-state index contributed by atoms with van der Waals surface area (Å²) in [6.07, 6.45) is 4.21. The van der Waals surface area contributed by atoms with Crippen LogP contribution in [0.5, 0.6) is 0 Å². The van der Waals surface area contributed by atoms with Crippen LogP contribution in [0.15, 0.2) is 24.0 Å². The molecule has 0 saturated carbocycles. The van der Waals surface area contributed by atoms with Crippen LogP contribution in [0, 0.1) is 0 Å². The summed E-state index contributed by atoms with van der Waals surface area (Å²) in [4.78, 5) is 12.6. The topological polar surface area (TPSA) is 50.7 Å². The summed E-state index contributed by atoms with van der Waals surface area (Å²) in [5, 5.41) is 6.57. The minimum absolute atomic E-state index is 0.509. The van der Waals surface area contributed by atoms with E-state index >= 15 is 0 Å². The normalized spacial score (nSPS) is 10.8. The first-order chi connectivity index (χ1) is 8.25. The summed E-state index contributed by atoms with van der Waals surface area (Å²) in [5.41, 5.74) is 1.19. The second kappa shape index (κ2) is 5.72. The highest BCUT2D eigenvalue weighted by atomic mass is 32.1. The van der Waals surface area contributed by atoms with Crippen LogP contribution in [0.25, 0.3) is 0 Å². The molecule has 0 amide bonds. The van der Waals surface area contributed by atoms with E-state index in [1.165, 1.54) is 10.7 Å². The molecule has 2 heterocycles. The van der Waals surface area contributed by atoms with Gasteiger partial charge in [0.1, 0.15) is 12.1 Å². The zero-order valence-electron chi connectivity index (χ0n) is 10.1. The minimum Gasteiger partial charge on any atom is -0.370 e. The van der Waals surface area contributed by atoms with E-state index in [2.05, 4.69) is 39.5 Å². The number of aromatic nitrogens is 3. The van der Waals surface area contributed by atoms with Crippen LogP contribution < -0.4 is 5.32 Å². The van der Waals surface area contributed by atoms with Gasteiger partial charge in [0.2, 0.25) is 0 Å². The SMILES string of the molecule is CC(C)c1csc(CCNc2ccncn2)n1. The summed E-state index contributed by atoms with van der Waals surface area (Å²) in [6.45, 7) is 5.18. The quantitative estimate of drug-likeness (QED) is 0.884. The molecule has 0 bridgehead atoms. The predicted octanol–water partition coefficient (Wildman–Crippen LogP) is 2.71. The van der Waals surface area contributed by atoms with Gasteiger partial charge in [0, 0.05) is 24.5 Å². The molecule has 0 atom stereocenters. The van der Waals surface area contributed by atoms with Crippen molar-refractivity contribution >= 4 is 17.2 Å². The van der Waals surface area contributed by atoms with Crippen molar-refractivity contribution in [3.63, 3.8) is 0 Å². The first kappa shape index (κ1) is 12.0. The van der Waals surface area contributed by atoms with Crippen molar-refractivity contribution in [2.75, 3.05) is 11.9 Å². The number of anilines is 1. The lowest BCUT2D eigenvalue weighted by Gasteiger charge is -2.02. The van der Waals surface area contributed by atoms with Crippen molar-refractivity contribution in [1.29, 1.82) is 0 Å². The molecule has 0 fully saturated rings. The number of hydrogen-bond donors (Lipinski definition) is 1. The molecule has 0 radical (unpaired) electrons. The molecule has 0 aliphatic carbocycles. The van der Waals surface area contributed by atoms with Crippen LogP contribution in [0.4, 0.5) is 5.82 Å². The van der Waals surface area contributed by atoms with E-state index in [1.807, 2.05) is 6.07 Å². The van der Waals surface area contributed by atoms with E-state index < -0.39 is 0 Å². The summed E-state index contributed by atoms with van der Waals surface area (Å²) in [5.74, 6) is 1.37. The minimum atomic E-state index is 0.509. The van der Waals surface area contributed by atoms with Crippen LogP contribution in [0.1, 0.15) is 30.5 Å². The lowest BCUT2D eigenvalue weighted by Crippen LogP contribution is -2.06. The monoisotopic (exact) mass is 248 g/mol. The molecule has 0 saturated heterocycles. The zero-order valence-corrected chi connectivity index (χ0v) is 10.9. The molecule has 4 nitrogen and oxygen atoms in total. The van der Waals surface area contributed by atoms with E-state index in [4.69, 9.17) is 0 Å². The molecule has 2 aromatic heterocycles. The van der Waals surface area contributed by atoms with Crippen LogP contribution >= 0.6 is 11.3 Å². The standard InChI is InChI=1S/C12H16N4S/c1-9(2)10-7-17-12(16-10)4-6-14-11-3-5-13-8-15-11/h3,5,7-9H,4,6H2,1-2H3,(H,13,14,15). The fourth-order valence-corrected chi connectivity index (χ4v) is 2.36. The Morgan fingerprint density at radius 2 is 2.29 bits per heavy atom. The molecule has 1 N–H and O–H groups in total. The molecule has 0 spiro atoms. The average molecular weight is 248 g/mol. The Labute approximate surface area is 105 Å². The number of hydrogen-bond acceptors (Lipinski definition) is 5. The molecule has 2 aromatic rings. The van der Waals surface area contributed by atoms with Gasteiger partial charge in [-0.3, -0.25) is 0 Å². The Kier molecular flexibility index (Phi) is 4.03. The Balaban J connectivity index is 1.82. The van der Waals surface area contributed by atoms with Crippen molar-refractivity contribution in [2.24, 2.45) is 0 Å². The van der Waals surface area contributed by atoms with Crippen molar-refractivity contribution < 1.29 is 0 Å². The van der Waals surface area contributed by atoms with Crippen molar-refractivity contribution in [2.45, 2.75) is 26.2 Å². The lowest BCUT2D eigenvalue weighted by atomic mass is 10.2. The van der Waals surface area contributed by atoms with Crippen molar-refractivity contribution in [3.8, 4) is 0 Å². The van der Waals surface area contributed by atoms with Gasteiger partial charge in [-0.1, -0.05) is 13.8 Å². The van der Waals surface area contributed by atoms with Crippen LogP contribution in [0.3, 0.4) is 0 Å². The summed E-state index contributed by atoms with van der Waals surface area (Å²) in [7, 11) is 0. The second-order valence-electron chi connectivity index (χ2n) is 4.09. The molecular weight excluding hydrogens is 232 g/mol. The third-order valence-electron chi connectivity index (χ3n) is 2.39. The Morgan fingerprint density at radius 1 is 1.41 bits per heavy atom. The van der Waals surface area contributed by atoms with Gasteiger partial charge in [-0.25, -0.2) is 15.0 Å². The van der Waals surface area contributed by atoms with E-state index in [-0.39, 0.29) is 0 Å². The maximum Gasteiger partial charge on any atom is 0.129 e. The smallest absolute Gasteiger partial charge is 0.129 e. The average Bonchev–Trinajstić information content (AvgIpc) is 2.79. The number of nitrogens with one attached hydrogen (secondary N) is 1. The molecule has 0 aromatic carbocycles. The Hall–Kier alpha value is -1.49. The largest absolute Gasteiger partial charge is 0.370 e. The van der Waals surface area contributed by atoms with Gasteiger partial charge in [0.15, 0.2) is 0 Å². The third kappa shape index (κ3) is 3.49. The highest BCUT2D eigenvalue weighted by molar-refractivity contribution is 7.09. The first-order valence-electron chi connectivity index (χ1n) is 5.70. The van der Waals surface area contributed by atoms with E-state index in [1.54, 1.807) is 23.9 Å². The van der Waals surface area contributed by atoms with Crippen LogP contribution in [-0.2, 0) is 6.42 Å². The third-order valence-corrected chi connectivity index (χ3v) is 3.31. The van der Waals surface area contributed by atoms with Gasteiger partial charge >= 0.3 is 0 Å². The van der Waals surface area contributed by atoms with Gasteiger partial charge in [-0.15, -0.1) is 11.3 Å². The maximum absolute atomic E-state index is 4.59. The van der Waals surface area contributed by atoms with Gasteiger partial charge < -0.3 is 5.32 Å². The maximum atomic E-state index is 4.59. The summed E-state index contributed by atoms with van der Waals surface area (Å²) >= 11 is 1.73. The molecular formula is C12H16N4S. The molecule has 5 heteroatoms. The Morgan fingerprint density at radius 3 is 2.94 bits per heavy atom. The predicted molar refractivity (Wildman–Crippen MR) is 70.4 cm³/mol. The van der Waals surface area contributed by atoms with E-state index in [0.717, 1.165) is 18.8 Å². The molecule has 17 heavy (non-hydrogen) atoms. The second-order valence-corrected chi connectivity index (χ2v) is 5.03. The van der Waals surface area contributed by atoms with E-state index in [0.29, 0.717) is 5.92 Å². The van der Waals surface area contributed by atoms with Gasteiger partial charge in [0.25, 0.3) is 0 Å². The molecule has 0 unspecified atom stereocenters. The summed E-state index contributed by atoms with van der Waals surface area (Å²) < 4.78 is 0. The van der Waals surface area contributed by atoms with E-state index in [9.17, 15) is 0 Å². The fourth-order valence-electron chi connectivity index (χ4n) is 1.40. The highest BCUT2D eigenvalue weighted by Gasteiger charge is 2.05. The molecule has 2 rings (SSSR count). The van der Waals surface area contributed by atoms with Crippen LogP contribution in [0.2, 0.25) is 0 Å². The Bertz CT molecular complexity index is 453. The molecule has 0 aliphatic heterocycles. The van der Waals surface area contributed by atoms with Gasteiger partial charge in [0.05, 0.1) is 10.7 Å². The van der Waals surface area contributed by atoms with Crippen LogP contribution in [-0.4, -0.2) is 21.5 Å². The number of nitrogens with zero attached hydrogens (tertiary/aromatic N) is 3. The molecule has 0 aliphatic rings. The fraction of sp³-hybridized carbons (Fsp3) is 0.417.